The number of fused-ring (bicyclic) bond motifs is 1. The molecule has 0 fully saturated rings. The highest BCUT2D eigenvalue weighted by molar-refractivity contribution is 5.40. The summed E-state index contributed by atoms with van der Waals surface area (Å²) >= 11 is 0. The van der Waals surface area contributed by atoms with Crippen LogP contribution < -0.4 is 10.5 Å². The van der Waals surface area contributed by atoms with Crippen LogP contribution in [-0.4, -0.2) is 18.3 Å². The summed E-state index contributed by atoms with van der Waals surface area (Å²) in [4.78, 5) is 0. The zero-order valence-corrected chi connectivity index (χ0v) is 10.9. The Hall–Kier alpha value is -1.06. The third-order valence-electron chi connectivity index (χ3n) is 3.56. The minimum atomic E-state index is 0.215. The van der Waals surface area contributed by atoms with Crippen molar-refractivity contribution >= 4 is 0 Å². The monoisotopic (exact) mass is 249 g/mol. The summed E-state index contributed by atoms with van der Waals surface area (Å²) in [7, 11) is 0. The number of aryl methyl sites for hydroxylation is 1. The second kappa shape index (κ2) is 6.76. The van der Waals surface area contributed by atoms with Crippen molar-refractivity contribution in [3.05, 3.63) is 29.3 Å². The molecule has 3 heteroatoms. The van der Waals surface area contributed by atoms with Crippen LogP contribution in [0.4, 0.5) is 0 Å². The number of hydrogen-bond donors (Lipinski definition) is 2. The predicted octanol–water partition coefficient (Wildman–Crippen LogP) is 2.56. The minimum Gasteiger partial charge on any atom is -0.494 e. The van der Waals surface area contributed by atoms with Crippen LogP contribution in [0.1, 0.15) is 49.3 Å². The Bertz CT molecular complexity index is 379. The molecule has 0 amide bonds. The fourth-order valence-electron chi connectivity index (χ4n) is 2.47. The fraction of sp³-hybridized carbons (Fsp3) is 0.600. The van der Waals surface area contributed by atoms with Gasteiger partial charge in [-0.3, -0.25) is 0 Å². The maximum Gasteiger partial charge on any atom is 0.119 e. The number of rotatable bonds is 7. The average Bonchev–Trinajstić information content (AvgIpc) is 2.75. The molecule has 2 rings (SSSR count). The van der Waals surface area contributed by atoms with Crippen molar-refractivity contribution in [2.45, 2.75) is 44.6 Å². The summed E-state index contributed by atoms with van der Waals surface area (Å²) in [5.74, 6) is 0.963. The fourth-order valence-corrected chi connectivity index (χ4v) is 2.47. The molecule has 3 N–H and O–H groups in total. The number of unbranched alkanes of at least 4 members (excludes halogenated alkanes) is 3. The average molecular weight is 249 g/mol. The van der Waals surface area contributed by atoms with E-state index in [0.29, 0.717) is 6.61 Å². The van der Waals surface area contributed by atoms with Gasteiger partial charge in [-0.2, -0.15) is 0 Å². The molecule has 0 aromatic heterocycles. The Morgan fingerprint density at radius 3 is 2.89 bits per heavy atom. The van der Waals surface area contributed by atoms with Crippen molar-refractivity contribution in [1.29, 1.82) is 0 Å². The standard InChI is InChI=1S/C15H23NO2/c16-15-8-5-12-11-13(6-7-14(12)15)18-10-4-2-1-3-9-17/h6-7,11,15,17H,1-5,8-10,16H2. The lowest BCUT2D eigenvalue weighted by Crippen LogP contribution is -2.05. The molecule has 1 aliphatic rings. The number of aliphatic hydroxyl groups excluding tert-OH is 1. The van der Waals surface area contributed by atoms with Gasteiger partial charge in [0.1, 0.15) is 5.75 Å². The van der Waals surface area contributed by atoms with Crippen molar-refractivity contribution in [1.82, 2.24) is 0 Å². The molecule has 1 aromatic carbocycles. The van der Waals surface area contributed by atoms with Crippen LogP contribution in [0.5, 0.6) is 5.75 Å². The van der Waals surface area contributed by atoms with E-state index in [1.807, 2.05) is 6.07 Å². The topological polar surface area (TPSA) is 55.5 Å². The minimum absolute atomic E-state index is 0.215. The first-order chi connectivity index (χ1) is 8.81. The van der Waals surface area contributed by atoms with Gasteiger partial charge in [0.2, 0.25) is 0 Å². The molecule has 0 radical (unpaired) electrons. The van der Waals surface area contributed by atoms with Gasteiger partial charge in [0.05, 0.1) is 6.61 Å². The number of benzene rings is 1. The predicted molar refractivity (Wildman–Crippen MR) is 72.7 cm³/mol. The smallest absolute Gasteiger partial charge is 0.119 e. The Labute approximate surface area is 109 Å². The molecule has 1 atom stereocenters. The van der Waals surface area contributed by atoms with Gasteiger partial charge in [-0.15, -0.1) is 0 Å². The van der Waals surface area contributed by atoms with Gasteiger partial charge >= 0.3 is 0 Å². The lowest BCUT2D eigenvalue weighted by Gasteiger charge is -2.09. The Morgan fingerprint density at radius 2 is 2.06 bits per heavy atom. The maximum absolute atomic E-state index is 8.67. The van der Waals surface area contributed by atoms with Gasteiger partial charge in [-0.1, -0.05) is 12.5 Å². The van der Waals surface area contributed by atoms with Crippen molar-refractivity contribution in [3.8, 4) is 5.75 Å². The highest BCUT2D eigenvalue weighted by Gasteiger charge is 2.18. The third-order valence-corrected chi connectivity index (χ3v) is 3.56. The maximum atomic E-state index is 8.67. The highest BCUT2D eigenvalue weighted by atomic mass is 16.5. The van der Waals surface area contributed by atoms with Gasteiger partial charge in [0.25, 0.3) is 0 Å². The lowest BCUT2D eigenvalue weighted by molar-refractivity contribution is 0.273. The van der Waals surface area contributed by atoms with Crippen LogP contribution in [-0.2, 0) is 6.42 Å². The summed E-state index contributed by atoms with van der Waals surface area (Å²) in [6, 6.07) is 6.48. The van der Waals surface area contributed by atoms with Crippen molar-refractivity contribution in [3.63, 3.8) is 0 Å². The first-order valence-electron chi connectivity index (χ1n) is 6.93. The summed E-state index contributed by atoms with van der Waals surface area (Å²) < 4.78 is 5.74. The molecule has 18 heavy (non-hydrogen) atoms. The van der Waals surface area contributed by atoms with Crippen molar-refractivity contribution in [2.24, 2.45) is 5.73 Å². The second-order valence-electron chi connectivity index (χ2n) is 4.99. The molecule has 0 heterocycles. The van der Waals surface area contributed by atoms with E-state index in [2.05, 4.69) is 12.1 Å². The summed E-state index contributed by atoms with van der Waals surface area (Å²) in [6.45, 7) is 1.06. The summed E-state index contributed by atoms with van der Waals surface area (Å²) in [5.41, 5.74) is 8.63. The quantitative estimate of drug-likeness (QED) is 0.730. The van der Waals surface area contributed by atoms with E-state index in [-0.39, 0.29) is 6.04 Å². The molecule has 100 valence electrons. The summed E-state index contributed by atoms with van der Waals surface area (Å²) in [5, 5.41) is 8.67. The molecule has 1 aromatic rings. The lowest BCUT2D eigenvalue weighted by atomic mass is 10.1. The van der Waals surface area contributed by atoms with E-state index in [4.69, 9.17) is 15.6 Å². The Morgan fingerprint density at radius 1 is 1.22 bits per heavy atom. The Balaban J connectivity index is 1.74. The molecule has 0 bridgehead atoms. The number of nitrogens with two attached hydrogens (primary N) is 1. The van der Waals surface area contributed by atoms with Gasteiger partial charge in [0, 0.05) is 12.6 Å². The van der Waals surface area contributed by atoms with Gasteiger partial charge in [0.15, 0.2) is 0 Å². The molecule has 1 unspecified atom stereocenters. The molecular formula is C15H23NO2. The molecule has 0 saturated heterocycles. The van der Waals surface area contributed by atoms with Crippen LogP contribution in [0.3, 0.4) is 0 Å². The summed E-state index contributed by atoms with van der Waals surface area (Å²) in [6.07, 6.45) is 6.28. The van der Waals surface area contributed by atoms with Gasteiger partial charge in [-0.25, -0.2) is 0 Å². The highest BCUT2D eigenvalue weighted by Crippen LogP contribution is 2.31. The van der Waals surface area contributed by atoms with Crippen molar-refractivity contribution < 1.29 is 9.84 Å². The molecule has 3 nitrogen and oxygen atoms in total. The molecule has 1 aliphatic carbocycles. The van der Waals surface area contributed by atoms with Crippen LogP contribution in [0.15, 0.2) is 18.2 Å². The molecule has 0 saturated carbocycles. The van der Waals surface area contributed by atoms with Crippen LogP contribution >= 0.6 is 0 Å². The largest absolute Gasteiger partial charge is 0.494 e. The van der Waals surface area contributed by atoms with E-state index in [9.17, 15) is 0 Å². The van der Waals surface area contributed by atoms with E-state index in [1.54, 1.807) is 0 Å². The first-order valence-corrected chi connectivity index (χ1v) is 6.93. The van der Waals surface area contributed by atoms with E-state index < -0.39 is 0 Å². The molecular weight excluding hydrogens is 226 g/mol. The Kier molecular flexibility index (Phi) is 5.02. The number of aliphatic hydroxyl groups is 1. The van der Waals surface area contributed by atoms with E-state index in [0.717, 1.165) is 50.9 Å². The van der Waals surface area contributed by atoms with Gasteiger partial charge in [-0.05, 0) is 55.4 Å². The SMILES string of the molecule is NC1CCc2cc(OCCCCCCO)ccc21. The van der Waals surface area contributed by atoms with Crippen LogP contribution in [0.2, 0.25) is 0 Å². The zero-order valence-electron chi connectivity index (χ0n) is 10.9. The normalized spacial score (nSPS) is 17.8. The molecule has 0 spiro atoms. The number of hydrogen-bond acceptors (Lipinski definition) is 3. The third kappa shape index (κ3) is 3.47. The first kappa shape index (κ1) is 13.4. The van der Waals surface area contributed by atoms with Crippen LogP contribution in [0.25, 0.3) is 0 Å². The van der Waals surface area contributed by atoms with Crippen LogP contribution in [0, 0.1) is 0 Å². The van der Waals surface area contributed by atoms with E-state index >= 15 is 0 Å². The van der Waals surface area contributed by atoms with Gasteiger partial charge < -0.3 is 15.6 Å². The van der Waals surface area contributed by atoms with E-state index in [1.165, 1.54) is 11.1 Å². The number of ether oxygens (including phenoxy) is 1. The second-order valence-corrected chi connectivity index (χ2v) is 4.99. The zero-order chi connectivity index (χ0) is 12.8. The van der Waals surface area contributed by atoms with Crippen molar-refractivity contribution in [2.75, 3.05) is 13.2 Å². The molecule has 0 aliphatic heterocycles.